The van der Waals surface area contributed by atoms with E-state index >= 15 is 0 Å². The number of ether oxygens (including phenoxy) is 2. The van der Waals surface area contributed by atoms with Crippen molar-refractivity contribution in [3.8, 4) is 11.6 Å². The van der Waals surface area contributed by atoms with Crippen LogP contribution in [0.4, 0.5) is 11.4 Å². The standard InChI is InChI=1S/C20H26N4O4/c1-20(2,26)14-28-19-12-17(24-7-9-27-10-8-24)11-16(22-19)13-21-23-15-3-5-18(25)6-4-15/h3-6,11-13,23,25-26H,7-10,14H2,1-2H3/b21-13+. The Balaban J connectivity index is 1.77. The second kappa shape index (κ2) is 8.90. The van der Waals surface area contributed by atoms with E-state index in [0.717, 1.165) is 24.5 Å². The largest absolute Gasteiger partial charge is 0.508 e. The van der Waals surface area contributed by atoms with Crippen LogP contribution in [0.1, 0.15) is 19.5 Å². The summed E-state index contributed by atoms with van der Waals surface area (Å²) in [4.78, 5) is 6.66. The average Bonchev–Trinajstić information content (AvgIpc) is 2.68. The van der Waals surface area contributed by atoms with Gasteiger partial charge in [0, 0.05) is 24.8 Å². The van der Waals surface area contributed by atoms with E-state index in [1.165, 1.54) is 0 Å². The summed E-state index contributed by atoms with van der Waals surface area (Å²) < 4.78 is 11.1. The van der Waals surface area contributed by atoms with Crippen molar-refractivity contribution in [1.82, 2.24) is 4.98 Å². The van der Waals surface area contributed by atoms with Gasteiger partial charge in [-0.3, -0.25) is 5.43 Å². The fraction of sp³-hybridized carbons (Fsp3) is 0.400. The lowest BCUT2D eigenvalue weighted by atomic mass is 10.2. The Hall–Kier alpha value is -2.84. The van der Waals surface area contributed by atoms with Crippen LogP contribution < -0.4 is 15.1 Å². The number of nitrogens with one attached hydrogen (secondary N) is 1. The third kappa shape index (κ3) is 6.11. The zero-order valence-corrected chi connectivity index (χ0v) is 16.1. The number of rotatable bonds is 7. The molecule has 0 saturated carbocycles. The molecule has 1 aliphatic heterocycles. The topological polar surface area (TPSA) is 99.4 Å². The van der Waals surface area contributed by atoms with Crippen LogP contribution in [0.15, 0.2) is 41.5 Å². The molecule has 0 unspecified atom stereocenters. The number of aromatic hydroxyl groups is 1. The Morgan fingerprint density at radius 3 is 2.64 bits per heavy atom. The molecule has 0 radical (unpaired) electrons. The molecular formula is C20H26N4O4. The molecule has 2 aromatic rings. The van der Waals surface area contributed by atoms with Crippen molar-refractivity contribution in [2.45, 2.75) is 19.4 Å². The summed E-state index contributed by atoms with van der Waals surface area (Å²) in [5.74, 6) is 0.625. The number of aromatic nitrogens is 1. The van der Waals surface area contributed by atoms with Crippen molar-refractivity contribution in [2.24, 2.45) is 5.10 Å². The van der Waals surface area contributed by atoms with Crippen molar-refractivity contribution in [2.75, 3.05) is 43.2 Å². The Kier molecular flexibility index (Phi) is 6.33. The predicted octanol–water partition coefficient (Wildman–Crippen LogP) is 2.22. The highest BCUT2D eigenvalue weighted by molar-refractivity contribution is 5.80. The van der Waals surface area contributed by atoms with Crippen LogP contribution in [-0.4, -0.2) is 59.9 Å². The molecule has 150 valence electrons. The Morgan fingerprint density at radius 2 is 1.96 bits per heavy atom. The minimum Gasteiger partial charge on any atom is -0.508 e. The molecule has 1 saturated heterocycles. The first-order chi connectivity index (χ1) is 13.4. The molecule has 3 N–H and O–H groups in total. The van der Waals surface area contributed by atoms with Crippen LogP contribution in [0, 0.1) is 0 Å². The number of hydrazone groups is 1. The molecule has 0 atom stereocenters. The molecule has 0 aliphatic carbocycles. The number of phenolic OH excluding ortho intramolecular Hbond substituents is 1. The average molecular weight is 386 g/mol. The van der Waals surface area contributed by atoms with Crippen LogP contribution in [0.2, 0.25) is 0 Å². The zero-order valence-electron chi connectivity index (χ0n) is 16.1. The van der Waals surface area contributed by atoms with Gasteiger partial charge in [-0.15, -0.1) is 0 Å². The van der Waals surface area contributed by atoms with Gasteiger partial charge in [0.05, 0.1) is 36.4 Å². The van der Waals surface area contributed by atoms with Gasteiger partial charge in [-0.2, -0.15) is 5.10 Å². The molecule has 0 spiro atoms. The van der Waals surface area contributed by atoms with Crippen molar-refractivity contribution >= 4 is 17.6 Å². The number of phenols is 1. The van der Waals surface area contributed by atoms with Crippen molar-refractivity contribution in [3.63, 3.8) is 0 Å². The lowest BCUT2D eigenvalue weighted by molar-refractivity contribution is 0.0268. The number of nitrogens with zero attached hydrogens (tertiary/aromatic N) is 3. The molecule has 1 aromatic carbocycles. The summed E-state index contributed by atoms with van der Waals surface area (Å²) in [5.41, 5.74) is 4.29. The monoisotopic (exact) mass is 386 g/mol. The number of benzene rings is 1. The van der Waals surface area contributed by atoms with E-state index in [2.05, 4.69) is 20.4 Å². The normalized spacial score (nSPS) is 15.0. The maximum atomic E-state index is 9.92. The highest BCUT2D eigenvalue weighted by atomic mass is 16.5. The van der Waals surface area contributed by atoms with Gasteiger partial charge < -0.3 is 24.6 Å². The summed E-state index contributed by atoms with van der Waals surface area (Å²) in [6.45, 7) is 6.43. The van der Waals surface area contributed by atoms with Crippen molar-refractivity contribution in [3.05, 3.63) is 42.1 Å². The van der Waals surface area contributed by atoms with Crippen LogP contribution in [-0.2, 0) is 4.74 Å². The fourth-order valence-corrected chi connectivity index (χ4v) is 2.62. The number of morpholine rings is 1. The molecular weight excluding hydrogens is 360 g/mol. The van der Waals surface area contributed by atoms with Crippen molar-refractivity contribution < 1.29 is 19.7 Å². The summed E-state index contributed by atoms with van der Waals surface area (Å²) in [6.07, 6.45) is 1.60. The van der Waals surface area contributed by atoms with E-state index in [4.69, 9.17) is 9.47 Å². The van der Waals surface area contributed by atoms with Gasteiger partial charge in [0.1, 0.15) is 12.4 Å². The molecule has 8 heteroatoms. The van der Waals surface area contributed by atoms with Gasteiger partial charge in [0.25, 0.3) is 0 Å². The highest BCUT2D eigenvalue weighted by Crippen LogP contribution is 2.22. The molecule has 2 heterocycles. The van der Waals surface area contributed by atoms with Gasteiger partial charge in [0.2, 0.25) is 5.88 Å². The van der Waals surface area contributed by atoms with E-state index in [1.54, 1.807) is 44.3 Å². The number of aliphatic hydroxyl groups is 1. The second-order valence-corrected chi connectivity index (χ2v) is 7.21. The third-order valence-electron chi connectivity index (χ3n) is 4.01. The summed E-state index contributed by atoms with van der Waals surface area (Å²) in [6, 6.07) is 10.4. The van der Waals surface area contributed by atoms with E-state index in [9.17, 15) is 10.2 Å². The summed E-state index contributed by atoms with van der Waals surface area (Å²) in [7, 11) is 0. The Labute approximate surface area is 164 Å². The van der Waals surface area contributed by atoms with E-state index in [-0.39, 0.29) is 12.4 Å². The minimum absolute atomic E-state index is 0.134. The molecule has 1 aromatic heterocycles. The van der Waals surface area contributed by atoms with E-state index < -0.39 is 5.60 Å². The smallest absolute Gasteiger partial charge is 0.216 e. The van der Waals surface area contributed by atoms with Gasteiger partial charge >= 0.3 is 0 Å². The first-order valence-corrected chi connectivity index (χ1v) is 9.17. The minimum atomic E-state index is -0.953. The lowest BCUT2D eigenvalue weighted by Gasteiger charge is -2.29. The maximum Gasteiger partial charge on any atom is 0.216 e. The molecule has 28 heavy (non-hydrogen) atoms. The third-order valence-corrected chi connectivity index (χ3v) is 4.01. The van der Waals surface area contributed by atoms with Gasteiger partial charge in [0.15, 0.2) is 0 Å². The van der Waals surface area contributed by atoms with Gasteiger partial charge in [-0.25, -0.2) is 4.98 Å². The van der Waals surface area contributed by atoms with E-state index in [1.807, 2.05) is 12.1 Å². The molecule has 1 fully saturated rings. The number of pyridine rings is 1. The maximum absolute atomic E-state index is 9.92. The van der Waals surface area contributed by atoms with Crippen LogP contribution in [0.25, 0.3) is 0 Å². The zero-order chi connectivity index (χ0) is 20.0. The Bertz CT molecular complexity index is 797. The predicted molar refractivity (Wildman–Crippen MR) is 108 cm³/mol. The lowest BCUT2D eigenvalue weighted by Crippen LogP contribution is -2.36. The molecule has 0 bridgehead atoms. The summed E-state index contributed by atoms with van der Waals surface area (Å²) >= 11 is 0. The quantitative estimate of drug-likeness (QED) is 0.381. The second-order valence-electron chi connectivity index (χ2n) is 7.21. The SMILES string of the molecule is CC(C)(O)COc1cc(N2CCOCC2)cc(/C=N/Nc2ccc(O)cc2)n1. The van der Waals surface area contributed by atoms with Crippen molar-refractivity contribution in [1.29, 1.82) is 0 Å². The van der Waals surface area contributed by atoms with Crippen LogP contribution in [0.5, 0.6) is 11.6 Å². The fourth-order valence-electron chi connectivity index (χ4n) is 2.62. The summed E-state index contributed by atoms with van der Waals surface area (Å²) in [5, 5.41) is 23.5. The first kappa shape index (κ1) is 19.9. The molecule has 3 rings (SSSR count). The van der Waals surface area contributed by atoms with Gasteiger partial charge in [-0.1, -0.05) is 0 Å². The van der Waals surface area contributed by atoms with Crippen LogP contribution in [0.3, 0.4) is 0 Å². The Morgan fingerprint density at radius 1 is 1.25 bits per heavy atom. The first-order valence-electron chi connectivity index (χ1n) is 9.17. The molecule has 0 amide bonds. The van der Waals surface area contributed by atoms with Gasteiger partial charge in [-0.05, 0) is 44.2 Å². The highest BCUT2D eigenvalue weighted by Gasteiger charge is 2.17. The number of hydrogen-bond acceptors (Lipinski definition) is 8. The molecule has 1 aliphatic rings. The van der Waals surface area contributed by atoms with E-state index in [0.29, 0.717) is 24.8 Å². The number of anilines is 2. The molecule has 8 nitrogen and oxygen atoms in total. The number of hydrogen-bond donors (Lipinski definition) is 3. The van der Waals surface area contributed by atoms with Crippen LogP contribution >= 0.6 is 0 Å².